The molecule has 15 heavy (non-hydrogen) atoms. The van der Waals surface area contributed by atoms with Crippen molar-refractivity contribution in [1.29, 1.82) is 5.26 Å². The fourth-order valence-electron chi connectivity index (χ4n) is 1.29. The molecule has 1 unspecified atom stereocenters. The van der Waals surface area contributed by atoms with Crippen molar-refractivity contribution < 1.29 is 9.50 Å². The van der Waals surface area contributed by atoms with Crippen LogP contribution in [0.5, 0.6) is 5.75 Å². The largest absolute Gasteiger partial charge is 0.508 e. The number of hydrogen-bond donors (Lipinski definition) is 2. The van der Waals surface area contributed by atoms with Gasteiger partial charge in [-0.05, 0) is 30.7 Å². The number of hydrogen-bond acceptors (Lipinski definition) is 3. The van der Waals surface area contributed by atoms with E-state index in [9.17, 15) is 9.50 Å². The number of aromatic hydroxyl groups is 1. The van der Waals surface area contributed by atoms with Crippen molar-refractivity contribution in [1.82, 2.24) is 5.32 Å². The van der Waals surface area contributed by atoms with Gasteiger partial charge in [0.25, 0.3) is 0 Å². The molecule has 1 aromatic rings. The van der Waals surface area contributed by atoms with Crippen molar-refractivity contribution in [3.63, 3.8) is 0 Å². The normalized spacial score (nSPS) is 12.1. The van der Waals surface area contributed by atoms with Gasteiger partial charge in [-0.25, -0.2) is 4.39 Å². The molecular weight excluding hydrogens is 195 g/mol. The maximum absolute atomic E-state index is 12.9. The fraction of sp³-hybridized carbons (Fsp3) is 0.364. The maximum atomic E-state index is 12.9. The zero-order chi connectivity index (χ0) is 11.3. The van der Waals surface area contributed by atoms with Gasteiger partial charge in [-0.2, -0.15) is 5.26 Å². The molecule has 0 aromatic heterocycles. The van der Waals surface area contributed by atoms with Crippen LogP contribution in [0, 0.1) is 17.1 Å². The molecule has 0 fully saturated rings. The van der Waals surface area contributed by atoms with Crippen LogP contribution in [0.2, 0.25) is 0 Å². The van der Waals surface area contributed by atoms with Gasteiger partial charge in [-0.3, -0.25) is 5.32 Å². The predicted octanol–water partition coefficient (Wildman–Crippen LogP) is 2.10. The molecule has 3 nitrogen and oxygen atoms in total. The minimum Gasteiger partial charge on any atom is -0.508 e. The summed E-state index contributed by atoms with van der Waals surface area (Å²) >= 11 is 0. The second kappa shape index (κ2) is 5.32. The van der Waals surface area contributed by atoms with E-state index in [1.54, 1.807) is 0 Å². The Balaban J connectivity index is 2.87. The summed E-state index contributed by atoms with van der Waals surface area (Å²) < 4.78 is 12.9. The summed E-state index contributed by atoms with van der Waals surface area (Å²) in [4.78, 5) is 0. The van der Waals surface area contributed by atoms with Gasteiger partial charge in [-0.15, -0.1) is 0 Å². The molecule has 0 aliphatic rings. The van der Waals surface area contributed by atoms with E-state index in [0.29, 0.717) is 12.1 Å². The minimum absolute atomic E-state index is 0.163. The molecule has 0 saturated heterocycles. The standard InChI is InChI=1S/C11H13FN2O/c1-2-3-14-11(7-13)8-4-9(12)6-10(15)5-8/h4-6,11,14-15H,2-3H2,1H3. The van der Waals surface area contributed by atoms with Crippen molar-refractivity contribution in [2.75, 3.05) is 6.54 Å². The first kappa shape index (κ1) is 11.5. The Morgan fingerprint density at radius 3 is 2.80 bits per heavy atom. The van der Waals surface area contributed by atoms with Crippen LogP contribution in [0.1, 0.15) is 24.9 Å². The number of nitrogens with zero attached hydrogens (tertiary/aromatic N) is 1. The lowest BCUT2D eigenvalue weighted by Crippen LogP contribution is -2.20. The molecule has 1 rings (SSSR count). The van der Waals surface area contributed by atoms with Crippen LogP contribution in [0.25, 0.3) is 0 Å². The van der Waals surface area contributed by atoms with Crippen molar-refractivity contribution in [3.05, 3.63) is 29.6 Å². The monoisotopic (exact) mass is 208 g/mol. The Morgan fingerprint density at radius 1 is 1.53 bits per heavy atom. The zero-order valence-electron chi connectivity index (χ0n) is 8.50. The van der Waals surface area contributed by atoms with E-state index in [-0.39, 0.29) is 5.75 Å². The lowest BCUT2D eigenvalue weighted by molar-refractivity contribution is 0.466. The third-order valence-corrected chi connectivity index (χ3v) is 1.97. The SMILES string of the molecule is CCCNC(C#N)c1cc(O)cc(F)c1. The average Bonchev–Trinajstić information content (AvgIpc) is 2.17. The van der Waals surface area contributed by atoms with Gasteiger partial charge in [0, 0.05) is 6.07 Å². The van der Waals surface area contributed by atoms with E-state index < -0.39 is 11.9 Å². The first-order chi connectivity index (χ1) is 7.17. The van der Waals surface area contributed by atoms with Crippen LogP contribution in [0.3, 0.4) is 0 Å². The van der Waals surface area contributed by atoms with Crippen LogP contribution >= 0.6 is 0 Å². The smallest absolute Gasteiger partial charge is 0.127 e. The molecule has 0 heterocycles. The highest BCUT2D eigenvalue weighted by molar-refractivity contribution is 5.32. The van der Waals surface area contributed by atoms with Crippen LogP contribution in [0.4, 0.5) is 4.39 Å². The van der Waals surface area contributed by atoms with Crippen molar-refractivity contribution in [3.8, 4) is 11.8 Å². The number of rotatable bonds is 4. The van der Waals surface area contributed by atoms with Crippen LogP contribution < -0.4 is 5.32 Å². The topological polar surface area (TPSA) is 56.0 Å². The molecule has 0 aliphatic carbocycles. The third-order valence-electron chi connectivity index (χ3n) is 1.97. The molecule has 0 amide bonds. The highest BCUT2D eigenvalue weighted by Crippen LogP contribution is 2.20. The number of phenolic OH excluding ortho intramolecular Hbond substituents is 1. The number of benzene rings is 1. The third kappa shape index (κ3) is 3.22. The van der Waals surface area contributed by atoms with Crippen molar-refractivity contribution >= 4 is 0 Å². The van der Waals surface area contributed by atoms with E-state index >= 15 is 0 Å². The molecule has 1 atom stereocenters. The summed E-state index contributed by atoms with van der Waals surface area (Å²) in [6, 6.07) is 5.09. The van der Waals surface area contributed by atoms with Gasteiger partial charge < -0.3 is 5.11 Å². The molecule has 2 N–H and O–H groups in total. The summed E-state index contributed by atoms with van der Waals surface area (Å²) in [5, 5.41) is 21.0. The molecular formula is C11H13FN2O. The first-order valence-electron chi connectivity index (χ1n) is 4.79. The summed E-state index contributed by atoms with van der Waals surface area (Å²) in [5.41, 5.74) is 0.448. The van der Waals surface area contributed by atoms with E-state index in [1.807, 2.05) is 13.0 Å². The average molecular weight is 208 g/mol. The highest BCUT2D eigenvalue weighted by Gasteiger charge is 2.11. The Labute approximate surface area is 88.2 Å². The number of halogens is 1. The molecule has 0 radical (unpaired) electrons. The Morgan fingerprint density at radius 2 is 2.27 bits per heavy atom. The summed E-state index contributed by atoms with van der Waals surface area (Å²) in [5.74, 6) is -0.702. The quantitative estimate of drug-likeness (QED) is 0.796. The van der Waals surface area contributed by atoms with Gasteiger partial charge in [0.05, 0.1) is 6.07 Å². The maximum Gasteiger partial charge on any atom is 0.127 e. The highest BCUT2D eigenvalue weighted by atomic mass is 19.1. The molecule has 0 spiro atoms. The Kier molecular flexibility index (Phi) is 4.07. The minimum atomic E-state index is -0.577. The van der Waals surface area contributed by atoms with E-state index in [1.165, 1.54) is 12.1 Å². The fourth-order valence-corrected chi connectivity index (χ4v) is 1.29. The summed E-state index contributed by atoms with van der Waals surface area (Å²) in [6.45, 7) is 2.65. The summed E-state index contributed by atoms with van der Waals surface area (Å²) in [7, 11) is 0. The molecule has 1 aromatic carbocycles. The van der Waals surface area contributed by atoms with Crippen LogP contribution in [-0.2, 0) is 0 Å². The van der Waals surface area contributed by atoms with Crippen molar-refractivity contribution in [2.24, 2.45) is 0 Å². The Bertz CT molecular complexity index is 353. The lowest BCUT2D eigenvalue weighted by atomic mass is 10.1. The molecule has 80 valence electrons. The van der Waals surface area contributed by atoms with Gasteiger partial charge in [0.1, 0.15) is 17.6 Å². The zero-order valence-corrected chi connectivity index (χ0v) is 8.50. The van der Waals surface area contributed by atoms with Crippen molar-refractivity contribution in [2.45, 2.75) is 19.4 Å². The summed E-state index contributed by atoms with van der Waals surface area (Å²) in [6.07, 6.45) is 0.888. The van der Waals surface area contributed by atoms with Gasteiger partial charge in [0.15, 0.2) is 0 Å². The second-order valence-electron chi connectivity index (χ2n) is 3.26. The van der Waals surface area contributed by atoms with Crippen LogP contribution in [0.15, 0.2) is 18.2 Å². The Hall–Kier alpha value is -1.60. The first-order valence-corrected chi connectivity index (χ1v) is 4.79. The molecule has 4 heteroatoms. The molecule has 0 bridgehead atoms. The van der Waals surface area contributed by atoms with E-state index in [4.69, 9.17) is 5.26 Å². The van der Waals surface area contributed by atoms with Gasteiger partial charge in [-0.1, -0.05) is 6.92 Å². The number of nitrogens with one attached hydrogen (secondary N) is 1. The molecule has 0 aliphatic heterocycles. The second-order valence-corrected chi connectivity index (χ2v) is 3.26. The van der Waals surface area contributed by atoms with Gasteiger partial charge >= 0.3 is 0 Å². The number of phenols is 1. The lowest BCUT2D eigenvalue weighted by Gasteiger charge is -2.11. The van der Waals surface area contributed by atoms with E-state index in [2.05, 4.69) is 5.32 Å². The number of nitriles is 1. The molecule has 0 saturated carbocycles. The van der Waals surface area contributed by atoms with E-state index in [0.717, 1.165) is 12.5 Å². The predicted molar refractivity (Wildman–Crippen MR) is 54.7 cm³/mol. The van der Waals surface area contributed by atoms with Gasteiger partial charge in [0.2, 0.25) is 0 Å². The van der Waals surface area contributed by atoms with Crippen LogP contribution in [-0.4, -0.2) is 11.7 Å².